The van der Waals surface area contributed by atoms with Crippen LogP contribution in [0, 0.1) is 0 Å². The molecule has 134 valence electrons. The van der Waals surface area contributed by atoms with E-state index in [1.165, 1.54) is 0 Å². The van der Waals surface area contributed by atoms with Crippen LogP contribution >= 0.6 is 0 Å². The van der Waals surface area contributed by atoms with Crippen molar-refractivity contribution in [3.05, 3.63) is 47.8 Å². The van der Waals surface area contributed by atoms with Crippen LogP contribution in [0.4, 0.5) is 10.1 Å². The van der Waals surface area contributed by atoms with Crippen molar-refractivity contribution >= 4 is 24.3 Å². The summed E-state index contributed by atoms with van der Waals surface area (Å²) in [5.41, 5.74) is 0.739. The van der Waals surface area contributed by atoms with Crippen LogP contribution in [-0.2, 0) is 14.1 Å². The molecule has 5 nitrogen and oxygen atoms in total. The average molecular weight is 354 g/mol. The molecule has 0 aliphatic carbocycles. The van der Waals surface area contributed by atoms with Gasteiger partial charge in [-0.15, -0.1) is 0 Å². The van der Waals surface area contributed by atoms with Crippen LogP contribution in [-0.4, -0.2) is 29.2 Å². The molecule has 1 saturated heterocycles. The van der Waals surface area contributed by atoms with Gasteiger partial charge in [0, 0.05) is 23.1 Å². The maximum atomic E-state index is 15.3. The predicted molar refractivity (Wildman–Crippen MR) is 99.0 cm³/mol. The zero-order chi connectivity index (χ0) is 18.7. The standard InChI is InChI=1S/C19H20BFN2O3/c1-18(2)19(3,4)26-20(25-18)16(21)15-12-10-11(13-6-5-9-22-13)7-8-14(12)23-17(15)24/h5-10,22H,1-4H3,(H,23,24). The Balaban J connectivity index is 1.78. The number of hydrogen-bond acceptors (Lipinski definition) is 3. The van der Waals surface area contributed by atoms with Crippen LogP contribution in [0.2, 0.25) is 0 Å². The van der Waals surface area contributed by atoms with Crippen LogP contribution in [0.3, 0.4) is 0 Å². The fraction of sp³-hybridized carbons (Fsp3) is 0.316. The molecule has 2 N–H and O–H groups in total. The molecule has 2 aromatic rings. The van der Waals surface area contributed by atoms with Gasteiger partial charge in [0.2, 0.25) is 0 Å². The van der Waals surface area contributed by atoms with Gasteiger partial charge in [0.05, 0.1) is 16.8 Å². The van der Waals surface area contributed by atoms with Gasteiger partial charge in [-0.25, -0.2) is 4.39 Å². The molecule has 3 heterocycles. The van der Waals surface area contributed by atoms with Crippen LogP contribution in [0.25, 0.3) is 16.8 Å². The van der Waals surface area contributed by atoms with E-state index in [4.69, 9.17) is 9.31 Å². The van der Waals surface area contributed by atoms with Crippen molar-refractivity contribution in [3.8, 4) is 11.3 Å². The lowest BCUT2D eigenvalue weighted by Gasteiger charge is -2.32. The third kappa shape index (κ3) is 2.50. The van der Waals surface area contributed by atoms with Gasteiger partial charge in [0.15, 0.2) is 0 Å². The molecule has 0 atom stereocenters. The number of carbonyl (C=O) groups excluding carboxylic acids is 1. The van der Waals surface area contributed by atoms with Crippen molar-refractivity contribution in [1.29, 1.82) is 0 Å². The second kappa shape index (κ2) is 5.56. The molecule has 0 unspecified atom stereocenters. The van der Waals surface area contributed by atoms with Crippen LogP contribution in [0.1, 0.15) is 33.3 Å². The molecule has 4 rings (SSSR count). The monoisotopic (exact) mass is 354 g/mol. The van der Waals surface area contributed by atoms with E-state index >= 15 is 4.39 Å². The molecule has 7 heteroatoms. The summed E-state index contributed by atoms with van der Waals surface area (Å²) in [7, 11) is -1.21. The number of aromatic amines is 1. The minimum atomic E-state index is -1.21. The average Bonchev–Trinajstić information content (AvgIpc) is 3.23. The fourth-order valence-corrected chi connectivity index (χ4v) is 3.15. The minimum absolute atomic E-state index is 0.0353. The fourth-order valence-electron chi connectivity index (χ4n) is 3.15. The van der Waals surface area contributed by atoms with E-state index in [0.717, 1.165) is 11.3 Å². The summed E-state index contributed by atoms with van der Waals surface area (Å²) in [5, 5.41) is 2.71. The number of rotatable bonds is 2. The van der Waals surface area contributed by atoms with Crippen LogP contribution in [0.5, 0.6) is 0 Å². The number of amides is 1. The summed E-state index contributed by atoms with van der Waals surface area (Å²) < 4.78 is 26.8. The number of nitrogens with one attached hydrogen (secondary N) is 2. The SMILES string of the molecule is CC1(C)OB(C(F)=C2C(=O)Nc3ccc(-c4ccc[nH]4)cc32)OC1(C)C. The van der Waals surface area contributed by atoms with Gasteiger partial charge in [0.25, 0.3) is 5.91 Å². The van der Waals surface area contributed by atoms with Crippen molar-refractivity contribution in [3.63, 3.8) is 0 Å². The van der Waals surface area contributed by atoms with Crippen LogP contribution in [0.15, 0.2) is 42.3 Å². The highest BCUT2D eigenvalue weighted by Crippen LogP contribution is 2.43. The first kappa shape index (κ1) is 17.1. The van der Waals surface area contributed by atoms with Crippen LogP contribution < -0.4 is 5.32 Å². The lowest BCUT2D eigenvalue weighted by Crippen LogP contribution is -2.41. The molecule has 0 radical (unpaired) electrons. The van der Waals surface area contributed by atoms with E-state index in [-0.39, 0.29) is 5.57 Å². The summed E-state index contributed by atoms with van der Waals surface area (Å²) in [4.78, 5) is 15.5. The molecule has 1 amide bonds. The lowest BCUT2D eigenvalue weighted by molar-refractivity contribution is -0.110. The van der Waals surface area contributed by atoms with E-state index < -0.39 is 30.0 Å². The third-order valence-corrected chi connectivity index (χ3v) is 5.37. The van der Waals surface area contributed by atoms with Gasteiger partial charge in [-0.2, -0.15) is 0 Å². The Morgan fingerprint density at radius 1 is 1.12 bits per heavy atom. The molecule has 1 aromatic carbocycles. The van der Waals surface area contributed by atoms with E-state index in [9.17, 15) is 4.79 Å². The number of aromatic nitrogens is 1. The first-order valence-electron chi connectivity index (χ1n) is 8.54. The number of hydrogen-bond donors (Lipinski definition) is 2. The summed E-state index contributed by atoms with van der Waals surface area (Å²) in [5.74, 6) is -0.490. The number of carbonyl (C=O) groups is 1. The zero-order valence-corrected chi connectivity index (χ0v) is 15.1. The molecule has 26 heavy (non-hydrogen) atoms. The lowest BCUT2D eigenvalue weighted by atomic mass is 9.83. The molecule has 1 fully saturated rings. The topological polar surface area (TPSA) is 63.3 Å². The first-order chi connectivity index (χ1) is 12.2. The summed E-state index contributed by atoms with van der Waals surface area (Å²) in [6, 6.07) is 9.24. The molecule has 0 saturated carbocycles. The highest BCUT2D eigenvalue weighted by molar-refractivity contribution is 6.58. The Morgan fingerprint density at radius 2 is 1.81 bits per heavy atom. The second-order valence-electron chi connectivity index (χ2n) is 7.61. The summed E-state index contributed by atoms with van der Waals surface area (Å²) >= 11 is 0. The summed E-state index contributed by atoms with van der Waals surface area (Å²) in [6.45, 7) is 7.38. The van der Waals surface area contributed by atoms with Gasteiger partial charge in [-0.3, -0.25) is 4.79 Å². The Morgan fingerprint density at radius 3 is 2.42 bits per heavy atom. The predicted octanol–water partition coefficient (Wildman–Crippen LogP) is 3.95. The maximum Gasteiger partial charge on any atom is 0.526 e. The molecule has 2 aliphatic rings. The van der Waals surface area contributed by atoms with Gasteiger partial charge in [0.1, 0.15) is 5.73 Å². The number of H-pyrrole nitrogens is 1. The Bertz CT molecular complexity index is 903. The van der Waals surface area contributed by atoms with Gasteiger partial charge >= 0.3 is 7.12 Å². The smallest absolute Gasteiger partial charge is 0.398 e. The molecular formula is C19H20BFN2O3. The van der Waals surface area contributed by atoms with E-state index in [1.807, 2.05) is 52.1 Å². The van der Waals surface area contributed by atoms with E-state index in [2.05, 4.69) is 10.3 Å². The molecular weight excluding hydrogens is 334 g/mol. The molecule has 2 aliphatic heterocycles. The van der Waals surface area contributed by atoms with E-state index in [0.29, 0.717) is 11.3 Å². The maximum absolute atomic E-state index is 15.3. The van der Waals surface area contributed by atoms with Crippen molar-refractivity contribution in [2.45, 2.75) is 38.9 Å². The quantitative estimate of drug-likeness (QED) is 0.634. The third-order valence-electron chi connectivity index (χ3n) is 5.37. The van der Waals surface area contributed by atoms with Crippen molar-refractivity contribution in [1.82, 2.24) is 4.98 Å². The Labute approximate surface area is 151 Å². The van der Waals surface area contributed by atoms with Gasteiger partial charge in [-0.1, -0.05) is 6.07 Å². The minimum Gasteiger partial charge on any atom is -0.398 e. The molecule has 1 aromatic heterocycles. The normalized spacial score (nSPS) is 22.3. The largest absolute Gasteiger partial charge is 0.526 e. The number of halogens is 1. The molecule has 0 spiro atoms. The van der Waals surface area contributed by atoms with Crippen molar-refractivity contribution < 1.29 is 18.5 Å². The second-order valence-corrected chi connectivity index (χ2v) is 7.61. The summed E-state index contributed by atoms with van der Waals surface area (Å²) in [6.07, 6.45) is 1.81. The van der Waals surface area contributed by atoms with Gasteiger partial charge in [-0.05, 0) is 57.5 Å². The van der Waals surface area contributed by atoms with Crippen molar-refractivity contribution in [2.75, 3.05) is 5.32 Å². The number of anilines is 1. The number of fused-ring (bicyclic) bond motifs is 1. The Kier molecular flexibility index (Phi) is 3.65. The first-order valence-corrected chi connectivity index (χ1v) is 8.54. The number of benzene rings is 1. The highest BCUT2D eigenvalue weighted by Gasteiger charge is 2.54. The zero-order valence-electron chi connectivity index (χ0n) is 15.1. The Hall–Kier alpha value is -2.38. The van der Waals surface area contributed by atoms with Crippen molar-refractivity contribution in [2.24, 2.45) is 0 Å². The molecule has 0 bridgehead atoms. The van der Waals surface area contributed by atoms with E-state index in [1.54, 1.807) is 12.1 Å². The highest BCUT2D eigenvalue weighted by atomic mass is 19.1. The van der Waals surface area contributed by atoms with Gasteiger partial charge < -0.3 is 19.6 Å².